The summed E-state index contributed by atoms with van der Waals surface area (Å²) in [7, 11) is 0. The maximum Gasteiger partial charge on any atom is 0.253 e. The van der Waals surface area contributed by atoms with Gasteiger partial charge < -0.3 is 5.32 Å². The summed E-state index contributed by atoms with van der Waals surface area (Å²) in [4.78, 5) is 28.4. The quantitative estimate of drug-likeness (QED) is 0.880. The molecule has 0 saturated heterocycles. The van der Waals surface area contributed by atoms with Crippen molar-refractivity contribution in [3.8, 4) is 0 Å². The minimum atomic E-state index is -0.219. The van der Waals surface area contributed by atoms with Crippen LogP contribution in [0.1, 0.15) is 57.6 Å². The van der Waals surface area contributed by atoms with Crippen molar-refractivity contribution >= 4 is 11.7 Å². The van der Waals surface area contributed by atoms with Crippen LogP contribution in [0.4, 0.5) is 0 Å². The summed E-state index contributed by atoms with van der Waals surface area (Å²) in [5.74, 6) is -0.306. The summed E-state index contributed by atoms with van der Waals surface area (Å²) in [6, 6.07) is 11.3. The second kappa shape index (κ2) is 6.52. The van der Waals surface area contributed by atoms with E-state index in [1.54, 1.807) is 19.9 Å². The molecule has 1 atom stereocenters. The topological polar surface area (TPSA) is 59.1 Å². The molecule has 0 aliphatic heterocycles. The Morgan fingerprint density at radius 3 is 2.23 bits per heavy atom. The number of hydrogen-bond donors (Lipinski definition) is 1. The first-order valence-electron chi connectivity index (χ1n) is 7.25. The Labute approximate surface area is 130 Å². The molecule has 0 bridgehead atoms. The van der Waals surface area contributed by atoms with E-state index in [-0.39, 0.29) is 17.7 Å². The zero-order valence-electron chi connectivity index (χ0n) is 13.3. The molecule has 4 nitrogen and oxygen atoms in total. The number of nitrogens with zero attached hydrogens (tertiary/aromatic N) is 1. The maximum atomic E-state index is 12.5. The number of Topliss-reactive ketones (excluding diaryl/α,β-unsaturated/α-hetero) is 1. The molecule has 0 radical (unpaired) electrons. The van der Waals surface area contributed by atoms with E-state index in [0.29, 0.717) is 22.5 Å². The molecule has 1 heterocycles. The molecule has 4 heteroatoms. The van der Waals surface area contributed by atoms with Crippen LogP contribution in [-0.2, 0) is 0 Å². The number of amides is 1. The molecule has 1 amide bonds. The van der Waals surface area contributed by atoms with Gasteiger partial charge in [-0.05, 0) is 39.3 Å². The van der Waals surface area contributed by atoms with Gasteiger partial charge >= 0.3 is 0 Å². The van der Waals surface area contributed by atoms with Crippen LogP contribution >= 0.6 is 0 Å². The molecule has 1 aromatic heterocycles. The summed E-state index contributed by atoms with van der Waals surface area (Å²) in [6.45, 7) is 6.96. The summed E-state index contributed by atoms with van der Waals surface area (Å²) >= 11 is 0. The highest BCUT2D eigenvalue weighted by molar-refractivity contribution is 6.00. The third-order valence-electron chi connectivity index (χ3n) is 3.67. The Hall–Kier alpha value is -2.49. The number of carbonyl (C=O) groups excluding carboxylic acids is 2. The van der Waals surface area contributed by atoms with Gasteiger partial charge in [0, 0.05) is 11.3 Å². The Morgan fingerprint density at radius 1 is 1.05 bits per heavy atom. The highest BCUT2D eigenvalue weighted by Gasteiger charge is 2.17. The average molecular weight is 296 g/mol. The van der Waals surface area contributed by atoms with Crippen molar-refractivity contribution in [2.24, 2.45) is 0 Å². The lowest BCUT2D eigenvalue weighted by Gasteiger charge is -2.16. The monoisotopic (exact) mass is 296 g/mol. The molecule has 0 unspecified atom stereocenters. The van der Waals surface area contributed by atoms with Crippen LogP contribution in [-0.4, -0.2) is 16.7 Å². The Balaban J connectivity index is 2.26. The number of hydrogen-bond acceptors (Lipinski definition) is 3. The second-order valence-electron chi connectivity index (χ2n) is 5.42. The Bertz CT molecular complexity index is 709. The van der Waals surface area contributed by atoms with Gasteiger partial charge in [-0.1, -0.05) is 30.3 Å². The second-order valence-corrected chi connectivity index (χ2v) is 5.42. The molecule has 1 N–H and O–H groups in total. The number of carbonyl (C=O) groups is 2. The lowest BCUT2D eigenvalue weighted by atomic mass is 10.0. The van der Waals surface area contributed by atoms with Crippen molar-refractivity contribution in [3.63, 3.8) is 0 Å². The predicted molar refractivity (Wildman–Crippen MR) is 86.0 cm³/mol. The number of benzene rings is 1. The van der Waals surface area contributed by atoms with E-state index in [0.717, 1.165) is 5.56 Å². The SMILES string of the molecule is CC(=O)c1cc(C(=O)N[C@@H](C)c2ccccc2)c(C)nc1C. The maximum absolute atomic E-state index is 12.5. The zero-order chi connectivity index (χ0) is 16.3. The van der Waals surface area contributed by atoms with Crippen LogP contribution in [0.5, 0.6) is 0 Å². The number of ketones is 1. The average Bonchev–Trinajstić information content (AvgIpc) is 2.47. The van der Waals surface area contributed by atoms with Gasteiger partial charge in [0.2, 0.25) is 0 Å². The van der Waals surface area contributed by atoms with Crippen LogP contribution in [0.25, 0.3) is 0 Å². The van der Waals surface area contributed by atoms with Gasteiger partial charge in [0.25, 0.3) is 5.91 Å². The molecule has 0 fully saturated rings. The van der Waals surface area contributed by atoms with Crippen LogP contribution in [0.3, 0.4) is 0 Å². The lowest BCUT2D eigenvalue weighted by Crippen LogP contribution is -2.28. The number of nitrogens with one attached hydrogen (secondary N) is 1. The van der Waals surface area contributed by atoms with E-state index < -0.39 is 0 Å². The van der Waals surface area contributed by atoms with Crippen molar-refractivity contribution in [2.45, 2.75) is 33.7 Å². The normalized spacial score (nSPS) is 11.8. The van der Waals surface area contributed by atoms with E-state index in [9.17, 15) is 9.59 Å². The molecule has 0 saturated carbocycles. The summed E-state index contributed by atoms with van der Waals surface area (Å²) < 4.78 is 0. The standard InChI is InChI=1S/C18H20N2O2/c1-11(15-8-6-5-7-9-15)20-18(22)17-10-16(14(4)21)12(2)19-13(17)3/h5-11H,1-4H3,(H,20,22)/t11-/m0/s1. The first kappa shape index (κ1) is 15.9. The van der Waals surface area contributed by atoms with Crippen LogP contribution in [0.2, 0.25) is 0 Å². The Kier molecular flexibility index (Phi) is 4.71. The van der Waals surface area contributed by atoms with Crippen LogP contribution < -0.4 is 5.32 Å². The fourth-order valence-corrected chi connectivity index (χ4v) is 2.41. The fourth-order valence-electron chi connectivity index (χ4n) is 2.41. The Morgan fingerprint density at radius 2 is 1.64 bits per heavy atom. The molecule has 2 rings (SSSR count). The van der Waals surface area contributed by atoms with E-state index in [4.69, 9.17) is 0 Å². The van der Waals surface area contributed by atoms with Gasteiger partial charge in [0.05, 0.1) is 17.3 Å². The number of rotatable bonds is 4. The van der Waals surface area contributed by atoms with Crippen molar-refractivity contribution in [3.05, 3.63) is 64.5 Å². The van der Waals surface area contributed by atoms with Crippen molar-refractivity contribution < 1.29 is 9.59 Å². The summed E-state index contributed by atoms with van der Waals surface area (Å²) in [5, 5.41) is 2.95. The van der Waals surface area contributed by atoms with Gasteiger partial charge in [-0.2, -0.15) is 0 Å². The van der Waals surface area contributed by atoms with E-state index in [2.05, 4.69) is 10.3 Å². The first-order valence-corrected chi connectivity index (χ1v) is 7.25. The van der Waals surface area contributed by atoms with Crippen LogP contribution in [0.15, 0.2) is 36.4 Å². The number of aromatic nitrogens is 1. The molecule has 114 valence electrons. The highest BCUT2D eigenvalue weighted by atomic mass is 16.1. The van der Waals surface area contributed by atoms with Crippen LogP contribution in [0, 0.1) is 13.8 Å². The molecule has 0 spiro atoms. The summed E-state index contributed by atoms with van der Waals surface area (Å²) in [5.41, 5.74) is 3.24. The van der Waals surface area contributed by atoms with Gasteiger partial charge in [-0.3, -0.25) is 14.6 Å². The van der Waals surface area contributed by atoms with Gasteiger partial charge in [0.1, 0.15) is 0 Å². The van der Waals surface area contributed by atoms with E-state index in [1.165, 1.54) is 6.92 Å². The molecule has 2 aromatic rings. The van der Waals surface area contributed by atoms with Gasteiger partial charge in [-0.15, -0.1) is 0 Å². The minimum absolute atomic E-state index is 0.0878. The van der Waals surface area contributed by atoms with Crippen molar-refractivity contribution in [1.82, 2.24) is 10.3 Å². The zero-order valence-corrected chi connectivity index (χ0v) is 13.3. The number of pyridine rings is 1. The van der Waals surface area contributed by atoms with Crippen molar-refractivity contribution in [1.29, 1.82) is 0 Å². The molecule has 1 aromatic carbocycles. The number of aryl methyl sites for hydroxylation is 2. The molecular formula is C18H20N2O2. The predicted octanol–water partition coefficient (Wildman–Crippen LogP) is 3.39. The molecule has 22 heavy (non-hydrogen) atoms. The summed E-state index contributed by atoms with van der Waals surface area (Å²) in [6.07, 6.45) is 0. The first-order chi connectivity index (χ1) is 10.4. The third kappa shape index (κ3) is 3.39. The smallest absolute Gasteiger partial charge is 0.253 e. The third-order valence-corrected chi connectivity index (χ3v) is 3.67. The molecule has 0 aliphatic carbocycles. The highest BCUT2D eigenvalue weighted by Crippen LogP contribution is 2.16. The van der Waals surface area contributed by atoms with Crippen molar-refractivity contribution in [2.75, 3.05) is 0 Å². The van der Waals surface area contributed by atoms with E-state index in [1.807, 2.05) is 37.3 Å². The largest absolute Gasteiger partial charge is 0.345 e. The minimum Gasteiger partial charge on any atom is -0.345 e. The fraction of sp³-hybridized carbons (Fsp3) is 0.278. The molecular weight excluding hydrogens is 276 g/mol. The van der Waals surface area contributed by atoms with Gasteiger partial charge in [0.15, 0.2) is 5.78 Å². The lowest BCUT2D eigenvalue weighted by molar-refractivity contribution is 0.0939. The van der Waals surface area contributed by atoms with Gasteiger partial charge in [-0.25, -0.2) is 0 Å². The van der Waals surface area contributed by atoms with E-state index >= 15 is 0 Å². The molecule has 0 aliphatic rings.